The molecule has 1 radical (unpaired) electrons. The molecule has 0 bridgehead atoms. The van der Waals surface area contributed by atoms with Crippen molar-refractivity contribution in [1.29, 1.82) is 0 Å². The molecule has 2 aromatic carbocycles. The second-order valence-corrected chi connectivity index (χ2v) is 6.14. The number of aryl methyl sites for hydroxylation is 4. The first kappa shape index (κ1) is 20.6. The van der Waals surface area contributed by atoms with Crippen LogP contribution >= 0.6 is 0 Å². The van der Waals surface area contributed by atoms with Crippen LogP contribution in [0.15, 0.2) is 36.4 Å². The van der Waals surface area contributed by atoms with Gasteiger partial charge in [-0.2, -0.15) is 0 Å². The Morgan fingerprint density at radius 2 is 0.917 bits per heavy atom. The first-order valence-electron chi connectivity index (χ1n) is 8.40. The molecule has 0 atom stereocenters. The molecule has 0 aromatic heterocycles. The molecule has 2 rings (SSSR count). The van der Waals surface area contributed by atoms with Gasteiger partial charge in [-0.1, -0.05) is 36.4 Å². The van der Waals surface area contributed by atoms with Crippen LogP contribution in [0.2, 0.25) is 0 Å². The number of nitrogens with one attached hydrogen (secondary N) is 3. The Morgan fingerprint density at radius 1 is 0.583 bits per heavy atom. The Morgan fingerprint density at radius 3 is 1.25 bits per heavy atom. The molecule has 0 heterocycles. The van der Waals surface area contributed by atoms with Crippen molar-refractivity contribution in [2.45, 2.75) is 27.7 Å². The molecule has 0 spiro atoms. The molecule has 0 saturated heterocycles. The number of hydrogen-bond donors (Lipinski definition) is 3. The first-order chi connectivity index (χ1) is 11.1. The van der Waals surface area contributed by atoms with Crippen molar-refractivity contribution in [1.82, 2.24) is 5.32 Å². The summed E-state index contributed by atoms with van der Waals surface area (Å²) in [6.45, 7) is 12.4. The smallest absolute Gasteiger partial charge is 0.0400 e. The molecule has 0 unspecified atom stereocenters. The van der Waals surface area contributed by atoms with Crippen molar-refractivity contribution in [3.05, 3.63) is 58.7 Å². The van der Waals surface area contributed by atoms with E-state index in [1.807, 2.05) is 0 Å². The van der Waals surface area contributed by atoms with E-state index in [0.717, 1.165) is 26.2 Å². The molecule has 0 aliphatic heterocycles. The minimum Gasteiger partial charge on any atom is -0.383 e. The quantitative estimate of drug-likeness (QED) is 0.482. The largest absolute Gasteiger partial charge is 0.383 e. The maximum Gasteiger partial charge on any atom is 0.0400 e. The second kappa shape index (κ2) is 10.4. The molecule has 135 valence electrons. The molecule has 0 amide bonds. The summed E-state index contributed by atoms with van der Waals surface area (Å²) in [6, 6.07) is 12.8. The standard InChI is InChI=1S/C20H29N3.Cu/c1-15-7-5-8-16(2)19(15)22-13-11-21-12-14-23-20-17(3)9-6-10-18(20)4;/h5-10,21-23H,11-14H2,1-4H3;. The monoisotopic (exact) mass is 374 g/mol. The summed E-state index contributed by atoms with van der Waals surface area (Å²) in [4.78, 5) is 0. The fraction of sp³-hybridized carbons (Fsp3) is 0.400. The SMILES string of the molecule is Cc1cccc(C)c1NCCNCCNc1c(C)cccc1C.[Cu]. The zero-order chi connectivity index (χ0) is 16.7. The van der Waals surface area contributed by atoms with Crippen molar-refractivity contribution >= 4 is 11.4 Å². The maximum atomic E-state index is 3.53. The van der Waals surface area contributed by atoms with Crippen LogP contribution in [0.3, 0.4) is 0 Å². The molecular formula is C20H29CuN3. The van der Waals surface area contributed by atoms with Crippen molar-refractivity contribution in [3.8, 4) is 0 Å². The third-order valence-electron chi connectivity index (χ3n) is 4.17. The predicted octanol–water partition coefficient (Wildman–Crippen LogP) is 4.03. The summed E-state index contributed by atoms with van der Waals surface area (Å²) in [5.74, 6) is 0. The van der Waals surface area contributed by atoms with E-state index in [0.29, 0.717) is 0 Å². The zero-order valence-corrected chi connectivity index (χ0v) is 16.0. The molecular weight excluding hydrogens is 346 g/mol. The molecule has 0 fully saturated rings. The average Bonchev–Trinajstić information content (AvgIpc) is 2.51. The van der Waals surface area contributed by atoms with Crippen LogP contribution in [0.4, 0.5) is 11.4 Å². The molecule has 4 heteroatoms. The van der Waals surface area contributed by atoms with Gasteiger partial charge in [0.2, 0.25) is 0 Å². The van der Waals surface area contributed by atoms with Gasteiger partial charge in [0.05, 0.1) is 0 Å². The molecule has 0 saturated carbocycles. The molecule has 2 aromatic rings. The summed E-state index contributed by atoms with van der Waals surface area (Å²) in [7, 11) is 0. The summed E-state index contributed by atoms with van der Waals surface area (Å²) in [5, 5.41) is 10.5. The van der Waals surface area contributed by atoms with Gasteiger partial charge in [0.15, 0.2) is 0 Å². The minimum atomic E-state index is 0. The number of rotatable bonds is 8. The van der Waals surface area contributed by atoms with E-state index in [1.165, 1.54) is 33.6 Å². The number of anilines is 2. The minimum absolute atomic E-state index is 0. The predicted molar refractivity (Wildman–Crippen MR) is 102 cm³/mol. The second-order valence-electron chi connectivity index (χ2n) is 6.14. The van der Waals surface area contributed by atoms with Crippen LogP contribution in [0.5, 0.6) is 0 Å². The van der Waals surface area contributed by atoms with Gasteiger partial charge in [0.25, 0.3) is 0 Å². The van der Waals surface area contributed by atoms with Gasteiger partial charge in [0, 0.05) is 54.6 Å². The van der Waals surface area contributed by atoms with Crippen LogP contribution in [0.1, 0.15) is 22.3 Å². The third-order valence-corrected chi connectivity index (χ3v) is 4.17. The van der Waals surface area contributed by atoms with E-state index >= 15 is 0 Å². The van der Waals surface area contributed by atoms with Crippen LogP contribution in [0, 0.1) is 27.7 Å². The van der Waals surface area contributed by atoms with E-state index in [9.17, 15) is 0 Å². The molecule has 3 N–H and O–H groups in total. The molecule has 0 aliphatic carbocycles. The Kier molecular flexibility index (Phi) is 8.91. The van der Waals surface area contributed by atoms with Gasteiger partial charge in [-0.05, 0) is 49.9 Å². The van der Waals surface area contributed by atoms with Gasteiger partial charge >= 0.3 is 0 Å². The molecule has 0 aliphatic rings. The van der Waals surface area contributed by atoms with Crippen LogP contribution in [0.25, 0.3) is 0 Å². The van der Waals surface area contributed by atoms with E-state index in [1.54, 1.807) is 0 Å². The first-order valence-corrected chi connectivity index (χ1v) is 8.40. The summed E-state index contributed by atoms with van der Waals surface area (Å²) >= 11 is 0. The van der Waals surface area contributed by atoms with Crippen molar-refractivity contribution in [2.75, 3.05) is 36.8 Å². The van der Waals surface area contributed by atoms with E-state index < -0.39 is 0 Å². The Balaban J connectivity index is 0.00000288. The van der Waals surface area contributed by atoms with Crippen molar-refractivity contribution < 1.29 is 17.1 Å². The van der Waals surface area contributed by atoms with E-state index in [2.05, 4.69) is 80.0 Å². The zero-order valence-electron chi connectivity index (χ0n) is 15.1. The maximum absolute atomic E-state index is 3.53. The molecule has 3 nitrogen and oxygen atoms in total. The summed E-state index contributed by atoms with van der Waals surface area (Å²) in [6.07, 6.45) is 0. The fourth-order valence-corrected chi connectivity index (χ4v) is 2.86. The molecule has 24 heavy (non-hydrogen) atoms. The van der Waals surface area contributed by atoms with Gasteiger partial charge in [-0.25, -0.2) is 0 Å². The van der Waals surface area contributed by atoms with Crippen molar-refractivity contribution in [3.63, 3.8) is 0 Å². The van der Waals surface area contributed by atoms with Crippen LogP contribution < -0.4 is 16.0 Å². The van der Waals surface area contributed by atoms with E-state index in [-0.39, 0.29) is 17.1 Å². The Hall–Kier alpha value is -1.48. The van der Waals surface area contributed by atoms with Gasteiger partial charge in [0.1, 0.15) is 0 Å². The van der Waals surface area contributed by atoms with Gasteiger partial charge in [-0.15, -0.1) is 0 Å². The van der Waals surface area contributed by atoms with Crippen molar-refractivity contribution in [2.24, 2.45) is 0 Å². The Labute approximate surface area is 157 Å². The number of hydrogen-bond acceptors (Lipinski definition) is 3. The fourth-order valence-electron chi connectivity index (χ4n) is 2.86. The summed E-state index contributed by atoms with van der Waals surface area (Å²) < 4.78 is 0. The van der Waals surface area contributed by atoms with Gasteiger partial charge in [-0.3, -0.25) is 0 Å². The number of benzene rings is 2. The van der Waals surface area contributed by atoms with Crippen LogP contribution in [-0.2, 0) is 17.1 Å². The summed E-state index contributed by atoms with van der Waals surface area (Å²) in [5.41, 5.74) is 7.76. The average molecular weight is 375 g/mol. The van der Waals surface area contributed by atoms with Gasteiger partial charge < -0.3 is 16.0 Å². The van der Waals surface area contributed by atoms with E-state index in [4.69, 9.17) is 0 Å². The normalized spacial score (nSPS) is 10.2. The topological polar surface area (TPSA) is 36.1 Å². The third kappa shape index (κ3) is 5.86. The number of para-hydroxylation sites is 2. The Bertz CT molecular complexity index is 545. The van der Waals surface area contributed by atoms with Crippen LogP contribution in [-0.4, -0.2) is 26.2 Å².